The van der Waals surface area contributed by atoms with Crippen LogP contribution < -0.4 is 5.32 Å². The number of nitro groups is 1. The molecule has 0 aliphatic rings. The molecule has 0 aliphatic heterocycles. The van der Waals surface area contributed by atoms with Gasteiger partial charge in [0.25, 0.3) is 11.7 Å². The van der Waals surface area contributed by atoms with Gasteiger partial charge in [0, 0.05) is 19.0 Å². The summed E-state index contributed by atoms with van der Waals surface area (Å²) in [6.45, 7) is 0.547. The SMILES string of the molecule is C#CCCNc1nc2ccc([N+](=O)[O-])cc2o1. The van der Waals surface area contributed by atoms with Gasteiger partial charge < -0.3 is 9.73 Å². The second-order valence-corrected chi connectivity index (χ2v) is 3.31. The zero-order valence-electron chi connectivity index (χ0n) is 8.84. The van der Waals surface area contributed by atoms with Crippen molar-refractivity contribution in [1.82, 2.24) is 4.98 Å². The van der Waals surface area contributed by atoms with Crippen molar-refractivity contribution in [2.75, 3.05) is 11.9 Å². The summed E-state index contributed by atoms with van der Waals surface area (Å²) in [5, 5.41) is 13.5. The van der Waals surface area contributed by atoms with E-state index in [1.54, 1.807) is 6.07 Å². The third-order valence-corrected chi connectivity index (χ3v) is 2.13. The number of terminal acetylenes is 1. The minimum absolute atomic E-state index is 0.0242. The maximum atomic E-state index is 10.6. The van der Waals surface area contributed by atoms with Crippen molar-refractivity contribution in [3.8, 4) is 12.3 Å². The van der Waals surface area contributed by atoms with Crippen molar-refractivity contribution < 1.29 is 9.34 Å². The van der Waals surface area contributed by atoms with E-state index in [0.717, 1.165) is 0 Å². The summed E-state index contributed by atoms with van der Waals surface area (Å²) < 4.78 is 5.31. The molecule has 1 N–H and O–H groups in total. The van der Waals surface area contributed by atoms with Crippen LogP contribution in [0.4, 0.5) is 11.7 Å². The molecule has 0 radical (unpaired) electrons. The molecule has 2 aromatic rings. The average molecular weight is 231 g/mol. The van der Waals surface area contributed by atoms with Gasteiger partial charge in [0.1, 0.15) is 5.52 Å². The number of benzene rings is 1. The molecule has 0 spiro atoms. The van der Waals surface area contributed by atoms with Crippen LogP contribution in [0, 0.1) is 22.5 Å². The van der Waals surface area contributed by atoms with Gasteiger partial charge in [-0.2, -0.15) is 4.98 Å². The summed E-state index contributed by atoms with van der Waals surface area (Å²) >= 11 is 0. The number of hydrogen-bond acceptors (Lipinski definition) is 5. The molecule has 6 heteroatoms. The quantitative estimate of drug-likeness (QED) is 0.377. The Hall–Kier alpha value is -2.55. The van der Waals surface area contributed by atoms with Crippen LogP contribution in [0.2, 0.25) is 0 Å². The van der Waals surface area contributed by atoms with Crippen molar-refractivity contribution in [1.29, 1.82) is 0 Å². The Morgan fingerprint density at radius 2 is 2.41 bits per heavy atom. The maximum Gasteiger partial charge on any atom is 0.295 e. The van der Waals surface area contributed by atoms with E-state index < -0.39 is 4.92 Å². The van der Waals surface area contributed by atoms with Crippen LogP contribution in [0.25, 0.3) is 11.1 Å². The van der Waals surface area contributed by atoms with Gasteiger partial charge in [-0.1, -0.05) is 0 Å². The fourth-order valence-electron chi connectivity index (χ4n) is 1.34. The minimum Gasteiger partial charge on any atom is -0.423 e. The number of aromatic nitrogens is 1. The van der Waals surface area contributed by atoms with Gasteiger partial charge in [-0.25, -0.2) is 0 Å². The molecule has 1 aromatic carbocycles. The van der Waals surface area contributed by atoms with Crippen LogP contribution in [0.15, 0.2) is 22.6 Å². The number of nitro benzene ring substituents is 1. The molecule has 0 fully saturated rings. The van der Waals surface area contributed by atoms with Crippen LogP contribution in [-0.2, 0) is 0 Å². The Labute approximate surface area is 96.8 Å². The highest BCUT2D eigenvalue weighted by molar-refractivity contribution is 5.77. The number of fused-ring (bicyclic) bond motifs is 1. The molecule has 0 aliphatic carbocycles. The van der Waals surface area contributed by atoms with E-state index in [9.17, 15) is 10.1 Å². The molecule has 17 heavy (non-hydrogen) atoms. The van der Waals surface area contributed by atoms with Crippen LogP contribution in [0.3, 0.4) is 0 Å². The number of hydrogen-bond donors (Lipinski definition) is 1. The van der Waals surface area contributed by atoms with Crippen molar-refractivity contribution in [3.63, 3.8) is 0 Å². The molecular formula is C11H9N3O3. The highest BCUT2D eigenvalue weighted by Crippen LogP contribution is 2.23. The van der Waals surface area contributed by atoms with E-state index in [2.05, 4.69) is 16.2 Å². The van der Waals surface area contributed by atoms with Crippen LogP contribution in [0.5, 0.6) is 0 Å². The van der Waals surface area contributed by atoms with Crippen molar-refractivity contribution >= 4 is 22.8 Å². The largest absolute Gasteiger partial charge is 0.423 e. The minimum atomic E-state index is -0.479. The third kappa shape index (κ3) is 2.34. The smallest absolute Gasteiger partial charge is 0.295 e. The Balaban J connectivity index is 2.25. The molecule has 0 atom stereocenters. The summed E-state index contributed by atoms with van der Waals surface area (Å²) in [5.41, 5.74) is 0.921. The van der Waals surface area contributed by atoms with Gasteiger partial charge in [-0.05, 0) is 6.07 Å². The Morgan fingerprint density at radius 1 is 1.59 bits per heavy atom. The summed E-state index contributed by atoms with van der Waals surface area (Å²) in [6.07, 6.45) is 5.66. The number of oxazole rings is 1. The number of rotatable bonds is 4. The molecule has 1 heterocycles. The molecule has 2 rings (SSSR count). The van der Waals surface area contributed by atoms with Crippen LogP contribution in [0.1, 0.15) is 6.42 Å². The average Bonchev–Trinajstić information content (AvgIpc) is 2.70. The lowest BCUT2D eigenvalue weighted by molar-refractivity contribution is -0.384. The van der Waals surface area contributed by atoms with E-state index in [-0.39, 0.29) is 5.69 Å². The first-order chi connectivity index (χ1) is 8.20. The summed E-state index contributed by atoms with van der Waals surface area (Å²) in [7, 11) is 0. The van der Waals surface area contributed by atoms with Gasteiger partial charge >= 0.3 is 0 Å². The summed E-state index contributed by atoms with van der Waals surface area (Å²) in [5.74, 6) is 2.47. The van der Waals surface area contributed by atoms with E-state index in [4.69, 9.17) is 10.8 Å². The van der Waals surface area contributed by atoms with E-state index >= 15 is 0 Å². The Morgan fingerprint density at radius 3 is 3.12 bits per heavy atom. The van der Waals surface area contributed by atoms with Gasteiger partial charge in [0.05, 0.1) is 11.0 Å². The molecule has 86 valence electrons. The van der Waals surface area contributed by atoms with Crippen molar-refractivity contribution in [2.45, 2.75) is 6.42 Å². The molecule has 0 unspecified atom stereocenters. The van der Waals surface area contributed by atoms with Gasteiger partial charge in [-0.15, -0.1) is 12.3 Å². The lowest BCUT2D eigenvalue weighted by Gasteiger charge is -1.94. The maximum absolute atomic E-state index is 10.6. The van der Waals surface area contributed by atoms with Crippen LogP contribution in [-0.4, -0.2) is 16.5 Å². The lowest BCUT2D eigenvalue weighted by Crippen LogP contribution is -1.99. The van der Waals surface area contributed by atoms with Gasteiger partial charge in [0.2, 0.25) is 0 Å². The first-order valence-electron chi connectivity index (χ1n) is 4.93. The highest BCUT2D eigenvalue weighted by atomic mass is 16.6. The molecular weight excluding hydrogens is 222 g/mol. The summed E-state index contributed by atoms with van der Waals surface area (Å²) in [4.78, 5) is 14.2. The number of anilines is 1. The van der Waals surface area contributed by atoms with E-state index in [1.165, 1.54) is 12.1 Å². The fourth-order valence-corrected chi connectivity index (χ4v) is 1.34. The fraction of sp³-hybridized carbons (Fsp3) is 0.182. The normalized spacial score (nSPS) is 10.1. The van der Waals surface area contributed by atoms with Crippen molar-refractivity contribution in [2.24, 2.45) is 0 Å². The van der Waals surface area contributed by atoms with Gasteiger partial charge in [0.15, 0.2) is 5.58 Å². The monoisotopic (exact) mass is 231 g/mol. The van der Waals surface area contributed by atoms with E-state index in [0.29, 0.717) is 30.1 Å². The molecule has 0 saturated carbocycles. The highest BCUT2D eigenvalue weighted by Gasteiger charge is 2.11. The first kappa shape index (κ1) is 11.0. The zero-order chi connectivity index (χ0) is 12.3. The predicted octanol–water partition coefficient (Wildman–Crippen LogP) is 2.17. The molecule has 0 saturated heterocycles. The third-order valence-electron chi connectivity index (χ3n) is 2.13. The Bertz CT molecular complexity index is 598. The van der Waals surface area contributed by atoms with Crippen molar-refractivity contribution in [3.05, 3.63) is 28.3 Å². The first-order valence-corrected chi connectivity index (χ1v) is 4.93. The standard InChI is InChI=1S/C11H9N3O3/c1-2-3-6-12-11-13-9-5-4-8(14(15)16)7-10(9)17-11/h1,4-5,7H,3,6H2,(H,12,13). The topological polar surface area (TPSA) is 81.2 Å². The zero-order valence-corrected chi connectivity index (χ0v) is 8.84. The number of non-ortho nitro benzene ring substituents is 1. The molecule has 0 bridgehead atoms. The molecule has 0 amide bonds. The molecule has 1 aromatic heterocycles. The second kappa shape index (κ2) is 4.53. The second-order valence-electron chi connectivity index (χ2n) is 3.31. The van der Waals surface area contributed by atoms with Crippen LogP contribution >= 0.6 is 0 Å². The van der Waals surface area contributed by atoms with E-state index in [1.807, 2.05) is 0 Å². The molecule has 6 nitrogen and oxygen atoms in total. The predicted molar refractivity (Wildman–Crippen MR) is 62.6 cm³/mol. The number of nitrogens with zero attached hydrogens (tertiary/aromatic N) is 2. The Kier molecular flexibility index (Phi) is 2.92. The van der Waals surface area contributed by atoms with Gasteiger partial charge in [-0.3, -0.25) is 10.1 Å². The lowest BCUT2D eigenvalue weighted by atomic mass is 10.3. The summed E-state index contributed by atoms with van der Waals surface area (Å²) in [6, 6.07) is 4.59. The number of nitrogens with one attached hydrogen (secondary N) is 1.